The first kappa shape index (κ1) is 21.3. The van der Waals surface area contributed by atoms with Crippen LogP contribution in [0.5, 0.6) is 0 Å². The van der Waals surface area contributed by atoms with Gasteiger partial charge in [0.15, 0.2) is 0 Å². The van der Waals surface area contributed by atoms with Crippen LogP contribution in [0, 0.1) is 12.7 Å². The van der Waals surface area contributed by atoms with Crippen LogP contribution in [0.4, 0.5) is 4.39 Å². The highest BCUT2D eigenvalue weighted by molar-refractivity contribution is 6.02. The van der Waals surface area contributed by atoms with E-state index in [1.807, 2.05) is 0 Å². The number of hydrogen-bond donors (Lipinski definition) is 2. The van der Waals surface area contributed by atoms with Crippen LogP contribution in [0.2, 0.25) is 0 Å². The van der Waals surface area contributed by atoms with Gasteiger partial charge < -0.3 is 19.3 Å². The van der Waals surface area contributed by atoms with Gasteiger partial charge in [-0.2, -0.15) is 0 Å². The molecule has 0 radical (unpaired) electrons. The second-order valence-electron chi connectivity index (χ2n) is 7.54. The molecule has 164 valence electrons. The van der Waals surface area contributed by atoms with Crippen LogP contribution in [0.15, 0.2) is 56.3 Å². The Morgan fingerprint density at radius 1 is 1.12 bits per heavy atom. The molecular weight excluding hydrogens is 417 g/mol. The van der Waals surface area contributed by atoms with Crippen molar-refractivity contribution in [3.63, 3.8) is 0 Å². The number of aryl methyl sites for hydroxylation is 1. The van der Waals surface area contributed by atoms with Gasteiger partial charge in [0.05, 0.1) is 18.2 Å². The monoisotopic (exact) mass is 437 g/mol. The maximum Gasteiger partial charge on any atom is 0.340 e. The molecule has 0 spiro atoms. The zero-order valence-corrected chi connectivity index (χ0v) is 17.4. The van der Waals surface area contributed by atoms with E-state index in [1.165, 1.54) is 12.1 Å². The third-order valence-corrected chi connectivity index (χ3v) is 5.52. The van der Waals surface area contributed by atoms with Crippen LogP contribution >= 0.6 is 0 Å². The van der Waals surface area contributed by atoms with E-state index in [1.54, 1.807) is 44.4 Å². The fraction of sp³-hybridized carbons (Fsp3) is 0.208. The molecule has 2 heterocycles. The topological polar surface area (TPSA) is 110 Å². The Bertz CT molecular complexity index is 1400. The van der Waals surface area contributed by atoms with E-state index in [-0.39, 0.29) is 24.2 Å². The summed E-state index contributed by atoms with van der Waals surface area (Å²) in [5.41, 5.74) is 2.36. The van der Waals surface area contributed by atoms with E-state index >= 15 is 0 Å². The number of carboxylic acid groups (broad SMARTS) is 1. The standard InChI is InChI=1S/C24H20FNO6/c1-3-19(23(28)29)26-22(27)9-16-12(2)15-8-17-18(13-4-6-14(25)7-5-13)11-31-20(17)10-21(15)32-24(16)30/h4-8,10-11,19H,3,9H2,1-2H3,(H,26,27)(H,28,29)/t19-/m0/s1. The molecule has 2 aromatic carbocycles. The van der Waals surface area contributed by atoms with Gasteiger partial charge in [-0.25, -0.2) is 14.0 Å². The lowest BCUT2D eigenvalue weighted by Gasteiger charge is -2.13. The summed E-state index contributed by atoms with van der Waals surface area (Å²) >= 11 is 0. The first-order valence-corrected chi connectivity index (χ1v) is 10.0. The average molecular weight is 437 g/mol. The highest BCUT2D eigenvalue weighted by atomic mass is 19.1. The molecule has 8 heteroatoms. The Balaban J connectivity index is 1.77. The molecule has 0 saturated heterocycles. The van der Waals surface area contributed by atoms with Gasteiger partial charge in [-0.3, -0.25) is 4.79 Å². The number of benzene rings is 2. The SMILES string of the molecule is CC[C@H](NC(=O)Cc1c(C)c2cc3c(-c4ccc(F)cc4)coc3cc2oc1=O)C(=O)O. The van der Waals surface area contributed by atoms with Crippen LogP contribution in [0.3, 0.4) is 0 Å². The van der Waals surface area contributed by atoms with Gasteiger partial charge in [-0.1, -0.05) is 19.1 Å². The second-order valence-corrected chi connectivity index (χ2v) is 7.54. The lowest BCUT2D eigenvalue weighted by Crippen LogP contribution is -2.41. The van der Waals surface area contributed by atoms with E-state index in [0.717, 1.165) is 16.5 Å². The number of amides is 1. The minimum Gasteiger partial charge on any atom is -0.480 e. The van der Waals surface area contributed by atoms with Gasteiger partial charge in [0.2, 0.25) is 5.91 Å². The van der Waals surface area contributed by atoms with Gasteiger partial charge in [0.1, 0.15) is 23.0 Å². The Morgan fingerprint density at radius 3 is 2.50 bits per heavy atom. The van der Waals surface area contributed by atoms with Gasteiger partial charge in [0, 0.05) is 22.4 Å². The number of nitrogens with one attached hydrogen (secondary N) is 1. The molecule has 32 heavy (non-hydrogen) atoms. The molecule has 2 aromatic heterocycles. The molecule has 0 saturated carbocycles. The molecule has 0 bridgehead atoms. The van der Waals surface area contributed by atoms with Crippen molar-refractivity contribution in [2.24, 2.45) is 0 Å². The third kappa shape index (κ3) is 3.87. The molecule has 0 aliphatic rings. The fourth-order valence-electron chi connectivity index (χ4n) is 3.71. The predicted octanol–water partition coefficient (Wildman–Crippen LogP) is 4.18. The molecular formula is C24H20FNO6. The third-order valence-electron chi connectivity index (χ3n) is 5.52. The van der Waals surface area contributed by atoms with E-state index in [2.05, 4.69) is 5.32 Å². The van der Waals surface area contributed by atoms with Crippen molar-refractivity contribution >= 4 is 33.8 Å². The van der Waals surface area contributed by atoms with Crippen molar-refractivity contribution < 1.29 is 27.9 Å². The van der Waals surface area contributed by atoms with E-state index < -0.39 is 23.5 Å². The van der Waals surface area contributed by atoms with Crippen LogP contribution < -0.4 is 10.9 Å². The number of halogens is 1. The second kappa shape index (κ2) is 8.30. The van der Waals surface area contributed by atoms with E-state index in [0.29, 0.717) is 22.1 Å². The summed E-state index contributed by atoms with van der Waals surface area (Å²) in [4.78, 5) is 36.1. The van der Waals surface area contributed by atoms with Crippen LogP contribution in [0.25, 0.3) is 33.1 Å². The predicted molar refractivity (Wildman–Crippen MR) is 116 cm³/mol. The van der Waals surface area contributed by atoms with Gasteiger partial charge in [-0.15, -0.1) is 0 Å². The summed E-state index contributed by atoms with van der Waals surface area (Å²) in [6, 6.07) is 8.38. The highest BCUT2D eigenvalue weighted by Gasteiger charge is 2.21. The number of furan rings is 1. The first-order valence-electron chi connectivity index (χ1n) is 10.0. The van der Waals surface area contributed by atoms with Crippen LogP contribution in [0.1, 0.15) is 24.5 Å². The minimum atomic E-state index is -1.14. The highest BCUT2D eigenvalue weighted by Crippen LogP contribution is 2.34. The summed E-state index contributed by atoms with van der Waals surface area (Å²) in [7, 11) is 0. The van der Waals surface area contributed by atoms with Gasteiger partial charge in [0.25, 0.3) is 0 Å². The maximum absolute atomic E-state index is 13.3. The van der Waals surface area contributed by atoms with Crippen molar-refractivity contribution in [2.45, 2.75) is 32.7 Å². The normalized spacial score (nSPS) is 12.2. The Morgan fingerprint density at radius 2 is 1.84 bits per heavy atom. The number of fused-ring (bicyclic) bond motifs is 2. The number of rotatable bonds is 6. The Kier molecular flexibility index (Phi) is 5.52. The molecule has 7 nitrogen and oxygen atoms in total. The van der Waals surface area contributed by atoms with Crippen molar-refractivity contribution in [1.29, 1.82) is 0 Å². The molecule has 0 fully saturated rings. The number of carbonyl (C=O) groups is 2. The molecule has 1 amide bonds. The molecule has 0 unspecified atom stereocenters. The molecule has 0 aliphatic heterocycles. The van der Waals surface area contributed by atoms with Gasteiger partial charge >= 0.3 is 11.6 Å². The minimum absolute atomic E-state index is 0.154. The van der Waals surface area contributed by atoms with Crippen LogP contribution in [-0.4, -0.2) is 23.0 Å². The van der Waals surface area contributed by atoms with Crippen molar-refractivity contribution in [3.8, 4) is 11.1 Å². The zero-order valence-electron chi connectivity index (χ0n) is 17.4. The maximum atomic E-state index is 13.3. The van der Waals surface area contributed by atoms with Crippen molar-refractivity contribution in [3.05, 3.63) is 70.0 Å². The fourth-order valence-corrected chi connectivity index (χ4v) is 3.71. The lowest BCUT2D eigenvalue weighted by molar-refractivity contribution is -0.141. The lowest BCUT2D eigenvalue weighted by atomic mass is 9.99. The number of aliphatic carboxylic acids is 1. The summed E-state index contributed by atoms with van der Waals surface area (Å²) in [5.74, 6) is -2.06. The smallest absolute Gasteiger partial charge is 0.340 e. The van der Waals surface area contributed by atoms with Crippen molar-refractivity contribution in [1.82, 2.24) is 5.32 Å². The largest absolute Gasteiger partial charge is 0.480 e. The Labute approximate surface area is 181 Å². The number of carbonyl (C=O) groups excluding carboxylic acids is 1. The molecule has 0 aliphatic carbocycles. The van der Waals surface area contributed by atoms with E-state index in [4.69, 9.17) is 13.9 Å². The van der Waals surface area contributed by atoms with Crippen molar-refractivity contribution in [2.75, 3.05) is 0 Å². The quantitative estimate of drug-likeness (QED) is 0.438. The van der Waals surface area contributed by atoms with Crippen LogP contribution in [-0.2, 0) is 16.0 Å². The summed E-state index contributed by atoms with van der Waals surface area (Å²) in [6.07, 6.45) is 1.47. The summed E-state index contributed by atoms with van der Waals surface area (Å²) in [5, 5.41) is 12.9. The zero-order chi connectivity index (χ0) is 23.0. The first-order chi connectivity index (χ1) is 15.3. The molecule has 4 aromatic rings. The average Bonchev–Trinajstić information content (AvgIpc) is 3.17. The molecule has 1 atom stereocenters. The Hall–Kier alpha value is -3.94. The molecule has 2 N–H and O–H groups in total. The summed E-state index contributed by atoms with van der Waals surface area (Å²) < 4.78 is 24.4. The molecule has 4 rings (SSSR count). The number of carboxylic acids is 1. The van der Waals surface area contributed by atoms with Gasteiger partial charge in [-0.05, 0) is 42.7 Å². The van der Waals surface area contributed by atoms with E-state index in [9.17, 15) is 18.8 Å². The number of hydrogen-bond acceptors (Lipinski definition) is 5. The summed E-state index contributed by atoms with van der Waals surface area (Å²) in [6.45, 7) is 3.35.